The smallest absolute Gasteiger partial charge is 0.211 e. The van der Waals surface area contributed by atoms with Gasteiger partial charge >= 0.3 is 5.03 Å². The molecule has 0 atom stereocenters. The molecule has 20 heavy (non-hydrogen) atoms. The molecule has 0 aliphatic heterocycles. The molecule has 0 aliphatic rings. The van der Waals surface area contributed by atoms with Gasteiger partial charge in [0.2, 0.25) is 0 Å². The highest BCUT2D eigenvalue weighted by atomic mass is 32.2. The molecule has 0 N–H and O–H groups in total. The summed E-state index contributed by atoms with van der Waals surface area (Å²) in [7, 11) is -3.70. The van der Waals surface area contributed by atoms with Crippen LogP contribution in [0.1, 0.15) is 11.1 Å². The van der Waals surface area contributed by atoms with E-state index in [1.54, 1.807) is 36.4 Å². The molecule has 2 aromatic rings. The summed E-state index contributed by atoms with van der Waals surface area (Å²) >= 11 is 0. The van der Waals surface area contributed by atoms with Gasteiger partial charge in [0.15, 0.2) is 0 Å². The van der Waals surface area contributed by atoms with E-state index in [2.05, 4.69) is 4.85 Å². The van der Waals surface area contributed by atoms with Gasteiger partial charge in [0.25, 0.3) is 16.4 Å². The lowest BCUT2D eigenvalue weighted by atomic mass is 10.2. The van der Waals surface area contributed by atoms with Crippen molar-refractivity contribution in [1.29, 1.82) is 0 Å². The number of benzene rings is 2. The number of hydrogen-bond donors (Lipinski definition) is 0. The van der Waals surface area contributed by atoms with Crippen LogP contribution < -0.4 is 0 Å². The predicted octanol–water partition coefficient (Wildman–Crippen LogP) is 3.73. The molecule has 0 unspecified atom stereocenters. The summed E-state index contributed by atoms with van der Waals surface area (Å²) in [5.74, 6) is 0. The molecule has 2 rings (SSSR count). The summed E-state index contributed by atoms with van der Waals surface area (Å²) in [4.78, 5) is 3.61. The third kappa shape index (κ3) is 2.95. The summed E-state index contributed by atoms with van der Waals surface area (Å²) in [6.07, 6.45) is 1.45. The van der Waals surface area contributed by atoms with Crippen molar-refractivity contribution in [3.05, 3.63) is 75.6 Å². The van der Waals surface area contributed by atoms with Crippen LogP contribution in [0, 0.1) is 13.5 Å². The zero-order chi connectivity index (χ0) is 14.6. The van der Waals surface area contributed by atoms with Crippen molar-refractivity contribution >= 4 is 15.9 Å². The zero-order valence-corrected chi connectivity index (χ0v) is 11.8. The molecule has 0 radical (unpaired) electrons. The highest BCUT2D eigenvalue weighted by Gasteiger charge is 2.29. The Morgan fingerprint density at radius 2 is 1.65 bits per heavy atom. The summed E-state index contributed by atoms with van der Waals surface area (Å²) in [5, 5.41) is -0.160. The van der Waals surface area contributed by atoms with Crippen molar-refractivity contribution in [2.75, 3.05) is 0 Å². The minimum atomic E-state index is -3.70. The van der Waals surface area contributed by atoms with Crippen molar-refractivity contribution in [3.63, 3.8) is 0 Å². The van der Waals surface area contributed by atoms with Crippen molar-refractivity contribution < 1.29 is 8.42 Å². The van der Waals surface area contributed by atoms with E-state index in [1.807, 2.05) is 25.1 Å². The monoisotopic (exact) mass is 284 g/mol. The van der Waals surface area contributed by atoms with E-state index in [-0.39, 0.29) is 9.92 Å². The first-order valence-corrected chi connectivity index (χ1v) is 7.52. The third-order valence-corrected chi connectivity index (χ3v) is 4.49. The summed E-state index contributed by atoms with van der Waals surface area (Å²) in [6.45, 7) is 7.14. The van der Waals surface area contributed by atoms with Crippen LogP contribution in [0.25, 0.3) is 10.9 Å². The van der Waals surface area contributed by atoms with E-state index in [0.29, 0.717) is 0 Å². The maximum absolute atomic E-state index is 12.4. The Morgan fingerprint density at radius 3 is 2.20 bits per heavy atom. The molecular weight excluding hydrogens is 270 g/mol. The molecule has 0 amide bonds. The number of hydrogen-bond acceptors (Lipinski definition) is 2. The normalized spacial score (nSPS) is 11.9. The van der Waals surface area contributed by atoms with Crippen LogP contribution in [0.15, 0.2) is 64.5 Å². The lowest BCUT2D eigenvalue weighted by Crippen LogP contribution is -2.02. The van der Waals surface area contributed by atoms with Gasteiger partial charge in [0.1, 0.15) is 0 Å². The third-order valence-electron chi connectivity index (χ3n) is 2.82. The van der Waals surface area contributed by atoms with E-state index >= 15 is 0 Å². The van der Waals surface area contributed by atoms with Crippen LogP contribution in [-0.2, 0) is 9.84 Å². The zero-order valence-electron chi connectivity index (χ0n) is 11.0. The molecule has 100 valence electrons. The first-order chi connectivity index (χ1) is 9.54. The Labute approximate surface area is 118 Å². The molecule has 0 heterocycles. The van der Waals surface area contributed by atoms with E-state index in [9.17, 15) is 8.42 Å². The maximum Gasteiger partial charge on any atom is 0.434 e. The second kappa shape index (κ2) is 5.72. The Balaban J connectivity index is 2.49. The van der Waals surface area contributed by atoms with Crippen LogP contribution in [0.4, 0.5) is 0 Å². The summed E-state index contributed by atoms with van der Waals surface area (Å²) < 4.78 is 24.9. The van der Waals surface area contributed by atoms with Gasteiger partial charge in [-0.3, -0.25) is 0 Å². The quantitative estimate of drug-likeness (QED) is 0.861. The summed E-state index contributed by atoms with van der Waals surface area (Å²) in [6, 6.07) is 15.6. The minimum Gasteiger partial charge on any atom is -0.211 e. The number of aryl methyl sites for hydroxylation is 1. The largest absolute Gasteiger partial charge is 0.434 e. The minimum absolute atomic E-state index is 0.160. The van der Waals surface area contributed by atoms with Gasteiger partial charge in [-0.25, -0.2) is 8.42 Å². The highest BCUT2D eigenvalue weighted by Crippen LogP contribution is 2.22. The number of rotatable bonds is 3. The first-order valence-electron chi connectivity index (χ1n) is 6.03. The molecule has 0 saturated carbocycles. The van der Waals surface area contributed by atoms with Crippen molar-refractivity contribution in [2.24, 2.45) is 0 Å². The van der Waals surface area contributed by atoms with Gasteiger partial charge in [-0.05, 0) is 29.5 Å². The van der Waals surface area contributed by atoms with E-state index in [0.717, 1.165) is 11.1 Å². The van der Waals surface area contributed by atoms with Crippen molar-refractivity contribution in [2.45, 2.75) is 11.8 Å². The average molecular weight is 284 g/mol. The Morgan fingerprint density at radius 1 is 1.05 bits per heavy atom. The topological polar surface area (TPSA) is 38.5 Å². The fourth-order valence-corrected chi connectivity index (χ4v) is 2.88. The second-order valence-corrected chi connectivity index (χ2v) is 6.24. The van der Waals surface area contributed by atoms with Crippen LogP contribution >= 0.6 is 0 Å². The molecule has 2 aromatic carbocycles. The van der Waals surface area contributed by atoms with Crippen LogP contribution in [0.2, 0.25) is 0 Å². The van der Waals surface area contributed by atoms with Gasteiger partial charge in [0.05, 0.1) is 4.90 Å². The Bertz CT molecular complexity index is 767. The van der Waals surface area contributed by atoms with Crippen molar-refractivity contribution in [3.8, 4) is 6.57 Å². The molecule has 3 nitrogen and oxygen atoms in total. The molecule has 0 spiro atoms. The van der Waals surface area contributed by atoms with Crippen molar-refractivity contribution in [1.82, 2.24) is 0 Å². The SMILES string of the molecule is C#[N+]/C(=C\c1ccccc1)S(=O)(=O)c1ccc(C)cc1. The van der Waals surface area contributed by atoms with Gasteiger partial charge in [-0.2, -0.15) is 0 Å². The highest BCUT2D eigenvalue weighted by molar-refractivity contribution is 7.95. The molecule has 4 heteroatoms. The fourth-order valence-electron chi connectivity index (χ4n) is 1.71. The lowest BCUT2D eigenvalue weighted by molar-refractivity contribution is 0.603. The van der Waals surface area contributed by atoms with Crippen LogP contribution in [0.5, 0.6) is 0 Å². The molecule has 0 aromatic heterocycles. The maximum atomic E-state index is 12.4. The van der Waals surface area contributed by atoms with Gasteiger partial charge in [-0.1, -0.05) is 48.0 Å². The molecule has 0 aliphatic carbocycles. The first kappa shape index (κ1) is 14.0. The molecule has 0 fully saturated rings. The lowest BCUT2D eigenvalue weighted by Gasteiger charge is -1.98. The fraction of sp³-hybridized carbons (Fsp3) is 0.0625. The molecular formula is C16H14NO2S+. The van der Waals surface area contributed by atoms with E-state index in [1.165, 1.54) is 6.08 Å². The number of nitrogens with zero attached hydrogens (tertiary/aromatic N) is 1. The van der Waals surface area contributed by atoms with Crippen LogP contribution in [-0.4, -0.2) is 8.42 Å². The van der Waals surface area contributed by atoms with Gasteiger partial charge in [0, 0.05) is 6.08 Å². The van der Waals surface area contributed by atoms with E-state index in [4.69, 9.17) is 6.57 Å². The Hall–Kier alpha value is -2.38. The van der Waals surface area contributed by atoms with Gasteiger partial charge < -0.3 is 0 Å². The molecule has 0 saturated heterocycles. The summed E-state index contributed by atoms with van der Waals surface area (Å²) in [5.41, 5.74) is 1.72. The standard InChI is InChI=1S/C16H14NO2S/c1-13-8-10-15(11-9-13)20(18,19)16(17-2)12-14-6-4-3-5-7-14/h2-12H,1H3/q+1/b16-12+. The Kier molecular flexibility index (Phi) is 4.02. The van der Waals surface area contributed by atoms with Crippen LogP contribution in [0.3, 0.4) is 0 Å². The predicted molar refractivity (Wildman–Crippen MR) is 81.1 cm³/mol. The van der Waals surface area contributed by atoms with Gasteiger partial charge in [-0.15, -0.1) is 0 Å². The number of sulfone groups is 1. The molecule has 0 bridgehead atoms. The second-order valence-electron chi connectivity index (χ2n) is 4.34. The van der Waals surface area contributed by atoms with E-state index < -0.39 is 9.84 Å². The average Bonchev–Trinajstić information content (AvgIpc) is 2.46.